The van der Waals surface area contributed by atoms with Gasteiger partial charge >= 0.3 is 0 Å². The van der Waals surface area contributed by atoms with E-state index in [9.17, 15) is 14.8 Å². The van der Waals surface area contributed by atoms with Crippen molar-refractivity contribution < 1.29 is 14.8 Å². The lowest BCUT2D eigenvalue weighted by Crippen LogP contribution is -2.40. The molecule has 2 amide bonds. The number of rotatable bonds is 3. The third kappa shape index (κ3) is 2.71. The summed E-state index contributed by atoms with van der Waals surface area (Å²) in [5.74, 6) is -0.713. The minimum absolute atomic E-state index is 0.0441. The summed E-state index contributed by atoms with van der Waals surface area (Å²) in [5.41, 5.74) is 2.99. The van der Waals surface area contributed by atoms with Gasteiger partial charge in [0.05, 0.1) is 17.8 Å². The van der Waals surface area contributed by atoms with Crippen molar-refractivity contribution in [3.05, 3.63) is 59.7 Å². The second-order valence-corrected chi connectivity index (χ2v) is 5.76. The lowest BCUT2D eigenvalue weighted by Gasteiger charge is -2.23. The standard InChI is InChI=1S/C18H18N2O3/c1-12-8-9-15(13(2)10-12)19-17(21)11-16(18(19)22)20(23)14-6-4-3-5-7-14/h3-10,16,23H,11H2,1-2H3. The molecule has 3 rings (SSSR count). The van der Waals surface area contributed by atoms with Crippen LogP contribution < -0.4 is 9.96 Å². The van der Waals surface area contributed by atoms with Gasteiger partial charge in [-0.15, -0.1) is 0 Å². The van der Waals surface area contributed by atoms with Crippen molar-refractivity contribution in [2.24, 2.45) is 0 Å². The summed E-state index contributed by atoms with van der Waals surface area (Å²) in [5, 5.41) is 11.2. The number of hydrogen-bond donors (Lipinski definition) is 1. The highest BCUT2D eigenvalue weighted by atomic mass is 16.5. The topological polar surface area (TPSA) is 60.9 Å². The summed E-state index contributed by atoms with van der Waals surface area (Å²) in [6.45, 7) is 3.82. The number of amides is 2. The maximum absolute atomic E-state index is 12.7. The van der Waals surface area contributed by atoms with Crippen molar-refractivity contribution in [2.75, 3.05) is 9.96 Å². The molecule has 2 aromatic carbocycles. The van der Waals surface area contributed by atoms with Crippen molar-refractivity contribution in [3.8, 4) is 0 Å². The molecule has 1 aliphatic heterocycles. The van der Waals surface area contributed by atoms with Gasteiger partial charge in [0.1, 0.15) is 6.04 Å². The average molecular weight is 310 g/mol. The summed E-state index contributed by atoms with van der Waals surface area (Å²) in [6, 6.07) is 13.4. The van der Waals surface area contributed by atoms with E-state index in [-0.39, 0.29) is 12.3 Å². The van der Waals surface area contributed by atoms with Crippen LogP contribution in [0.1, 0.15) is 17.5 Å². The predicted molar refractivity (Wildman–Crippen MR) is 87.5 cm³/mol. The summed E-state index contributed by atoms with van der Waals surface area (Å²) < 4.78 is 0. The van der Waals surface area contributed by atoms with Crippen LogP contribution in [0.3, 0.4) is 0 Å². The van der Waals surface area contributed by atoms with Gasteiger partial charge in [0.15, 0.2) is 0 Å². The first-order chi connectivity index (χ1) is 11.0. The number of carbonyl (C=O) groups excluding carboxylic acids is 2. The monoisotopic (exact) mass is 310 g/mol. The minimum atomic E-state index is -0.898. The van der Waals surface area contributed by atoms with Crippen LogP contribution in [0.25, 0.3) is 0 Å². The molecule has 0 spiro atoms. The molecule has 5 heteroatoms. The Morgan fingerprint density at radius 1 is 1.09 bits per heavy atom. The van der Waals surface area contributed by atoms with E-state index in [1.165, 1.54) is 4.90 Å². The number of hydroxylamine groups is 1. The molecule has 118 valence electrons. The normalized spacial score (nSPS) is 17.7. The van der Waals surface area contributed by atoms with Crippen LogP contribution in [0.4, 0.5) is 11.4 Å². The molecule has 1 saturated heterocycles. The lowest BCUT2D eigenvalue weighted by atomic mass is 10.1. The number of aryl methyl sites for hydroxylation is 2. The van der Waals surface area contributed by atoms with Gasteiger partial charge in [-0.2, -0.15) is 0 Å². The van der Waals surface area contributed by atoms with Crippen molar-refractivity contribution in [3.63, 3.8) is 0 Å². The molecular weight excluding hydrogens is 292 g/mol. The highest BCUT2D eigenvalue weighted by molar-refractivity contribution is 6.23. The molecule has 0 aromatic heterocycles. The number of carbonyl (C=O) groups is 2. The van der Waals surface area contributed by atoms with Gasteiger partial charge in [0.2, 0.25) is 5.91 Å². The number of para-hydroxylation sites is 1. The summed E-state index contributed by atoms with van der Waals surface area (Å²) in [4.78, 5) is 26.2. The van der Waals surface area contributed by atoms with Gasteiger partial charge in [-0.1, -0.05) is 35.9 Å². The van der Waals surface area contributed by atoms with Gasteiger partial charge in [0, 0.05) is 0 Å². The molecule has 2 aromatic rings. The third-order valence-electron chi connectivity index (χ3n) is 4.03. The molecule has 0 aliphatic carbocycles. The van der Waals surface area contributed by atoms with Crippen molar-refractivity contribution in [1.29, 1.82) is 0 Å². The fraction of sp³-hybridized carbons (Fsp3) is 0.222. The Morgan fingerprint density at radius 2 is 1.78 bits per heavy atom. The molecular formula is C18H18N2O3. The molecule has 1 atom stereocenters. The molecule has 0 saturated carbocycles. The zero-order chi connectivity index (χ0) is 16.6. The number of benzene rings is 2. The molecule has 23 heavy (non-hydrogen) atoms. The van der Waals surface area contributed by atoms with Crippen molar-refractivity contribution in [2.45, 2.75) is 26.3 Å². The predicted octanol–water partition coefficient (Wildman–Crippen LogP) is 2.83. The lowest BCUT2D eigenvalue weighted by molar-refractivity contribution is -0.121. The van der Waals surface area contributed by atoms with Gasteiger partial charge in [-0.3, -0.25) is 14.8 Å². The van der Waals surface area contributed by atoms with Gasteiger partial charge in [-0.05, 0) is 37.6 Å². The Morgan fingerprint density at radius 3 is 2.43 bits per heavy atom. The van der Waals surface area contributed by atoms with E-state index in [1.54, 1.807) is 30.3 Å². The molecule has 1 aliphatic rings. The number of nitrogens with zero attached hydrogens (tertiary/aromatic N) is 2. The Hall–Kier alpha value is -2.66. The first-order valence-corrected chi connectivity index (χ1v) is 7.46. The molecule has 1 fully saturated rings. The smallest absolute Gasteiger partial charge is 0.259 e. The molecule has 1 heterocycles. The minimum Gasteiger partial charge on any atom is -0.288 e. The second kappa shape index (κ2) is 5.85. The van der Waals surface area contributed by atoms with E-state index in [4.69, 9.17) is 0 Å². The summed E-state index contributed by atoms with van der Waals surface area (Å²) in [7, 11) is 0. The molecule has 1 unspecified atom stereocenters. The quantitative estimate of drug-likeness (QED) is 0.699. The van der Waals surface area contributed by atoms with Crippen LogP contribution in [0.5, 0.6) is 0 Å². The van der Waals surface area contributed by atoms with E-state index < -0.39 is 11.9 Å². The second-order valence-electron chi connectivity index (χ2n) is 5.76. The fourth-order valence-corrected chi connectivity index (χ4v) is 2.88. The Kier molecular flexibility index (Phi) is 3.88. The van der Waals surface area contributed by atoms with Gasteiger partial charge in [-0.25, -0.2) is 9.96 Å². The van der Waals surface area contributed by atoms with E-state index >= 15 is 0 Å². The molecule has 1 N–H and O–H groups in total. The zero-order valence-corrected chi connectivity index (χ0v) is 13.1. The van der Waals surface area contributed by atoms with Crippen LogP contribution in [-0.4, -0.2) is 23.1 Å². The molecule has 0 radical (unpaired) electrons. The Labute approximate surface area is 134 Å². The number of hydrogen-bond acceptors (Lipinski definition) is 4. The van der Waals surface area contributed by atoms with Crippen LogP contribution in [-0.2, 0) is 9.59 Å². The largest absolute Gasteiger partial charge is 0.288 e. The van der Waals surface area contributed by atoms with Gasteiger partial charge in [0.25, 0.3) is 5.91 Å². The number of imide groups is 1. The maximum Gasteiger partial charge on any atom is 0.259 e. The zero-order valence-electron chi connectivity index (χ0n) is 13.1. The molecule has 0 bridgehead atoms. The van der Waals surface area contributed by atoms with E-state index in [0.29, 0.717) is 11.4 Å². The third-order valence-corrected chi connectivity index (χ3v) is 4.03. The van der Waals surface area contributed by atoms with Crippen LogP contribution >= 0.6 is 0 Å². The van der Waals surface area contributed by atoms with E-state index in [1.807, 2.05) is 32.0 Å². The fourth-order valence-electron chi connectivity index (χ4n) is 2.88. The summed E-state index contributed by atoms with van der Waals surface area (Å²) >= 11 is 0. The Bertz CT molecular complexity index is 758. The SMILES string of the molecule is Cc1ccc(N2C(=O)CC(N(O)c3ccccc3)C2=O)c(C)c1. The average Bonchev–Trinajstić information content (AvgIpc) is 2.83. The summed E-state index contributed by atoms with van der Waals surface area (Å²) in [6.07, 6.45) is -0.0441. The van der Waals surface area contributed by atoms with Crippen LogP contribution in [0.2, 0.25) is 0 Å². The van der Waals surface area contributed by atoms with Crippen LogP contribution in [0, 0.1) is 13.8 Å². The van der Waals surface area contributed by atoms with E-state index in [0.717, 1.165) is 16.2 Å². The molecule has 5 nitrogen and oxygen atoms in total. The van der Waals surface area contributed by atoms with Gasteiger partial charge < -0.3 is 0 Å². The highest BCUT2D eigenvalue weighted by Crippen LogP contribution is 2.30. The van der Waals surface area contributed by atoms with Crippen molar-refractivity contribution >= 4 is 23.2 Å². The number of anilines is 2. The van der Waals surface area contributed by atoms with Crippen molar-refractivity contribution in [1.82, 2.24) is 0 Å². The first kappa shape index (κ1) is 15.2. The van der Waals surface area contributed by atoms with Crippen LogP contribution in [0.15, 0.2) is 48.5 Å². The van der Waals surface area contributed by atoms with E-state index in [2.05, 4.69) is 0 Å². The first-order valence-electron chi connectivity index (χ1n) is 7.46. The highest BCUT2D eigenvalue weighted by Gasteiger charge is 2.43. The maximum atomic E-state index is 12.7. The Balaban J connectivity index is 1.91.